The van der Waals surface area contributed by atoms with E-state index in [1.807, 2.05) is 12.1 Å². The van der Waals surface area contributed by atoms with E-state index in [1.165, 1.54) is 38.0 Å². The van der Waals surface area contributed by atoms with Crippen LogP contribution < -0.4 is 10.1 Å². The number of hydrogen-bond donors (Lipinski definition) is 1. The molecule has 1 heterocycles. The molecule has 1 unspecified atom stereocenters. The van der Waals surface area contributed by atoms with Crippen molar-refractivity contribution >= 4 is 0 Å². The Morgan fingerprint density at radius 1 is 1.24 bits per heavy atom. The average molecular weight is 290 g/mol. The maximum atomic E-state index is 5.22. The lowest BCUT2D eigenvalue weighted by Gasteiger charge is -2.30. The molecule has 1 aromatic rings. The van der Waals surface area contributed by atoms with Crippen molar-refractivity contribution < 1.29 is 4.74 Å². The van der Waals surface area contributed by atoms with E-state index in [-0.39, 0.29) is 0 Å². The molecule has 2 rings (SSSR count). The molecule has 1 aliphatic heterocycles. The second-order valence-electron chi connectivity index (χ2n) is 6.21. The molecule has 0 aromatic heterocycles. The van der Waals surface area contributed by atoms with Crippen molar-refractivity contribution in [1.82, 2.24) is 10.2 Å². The molecule has 1 N–H and O–H groups in total. The summed E-state index contributed by atoms with van der Waals surface area (Å²) >= 11 is 0. The molecule has 21 heavy (non-hydrogen) atoms. The molecule has 0 amide bonds. The zero-order valence-electron chi connectivity index (χ0n) is 13.8. The zero-order chi connectivity index (χ0) is 15.1. The summed E-state index contributed by atoms with van der Waals surface area (Å²) < 4.78 is 5.22. The molecule has 118 valence electrons. The number of nitrogens with zero attached hydrogens (tertiary/aromatic N) is 1. The molecule has 1 fully saturated rings. The van der Waals surface area contributed by atoms with Crippen LogP contribution in [0.2, 0.25) is 0 Å². The Labute approximate surface area is 129 Å². The first-order valence-electron chi connectivity index (χ1n) is 8.32. The van der Waals surface area contributed by atoms with Crippen LogP contribution in [0.1, 0.15) is 44.7 Å². The molecular formula is C18H30N2O. The van der Waals surface area contributed by atoms with Crippen LogP contribution in [0.5, 0.6) is 5.75 Å². The molecule has 0 radical (unpaired) electrons. The van der Waals surface area contributed by atoms with Gasteiger partial charge in [-0.2, -0.15) is 0 Å². The van der Waals surface area contributed by atoms with Gasteiger partial charge in [0.05, 0.1) is 7.11 Å². The van der Waals surface area contributed by atoms with Crippen molar-refractivity contribution in [3.63, 3.8) is 0 Å². The van der Waals surface area contributed by atoms with Crippen molar-refractivity contribution in [2.24, 2.45) is 5.92 Å². The number of hydrogen-bond acceptors (Lipinski definition) is 3. The van der Waals surface area contributed by atoms with Crippen LogP contribution in [0, 0.1) is 5.92 Å². The number of piperidine rings is 1. The molecular weight excluding hydrogens is 260 g/mol. The van der Waals surface area contributed by atoms with E-state index < -0.39 is 0 Å². The Hall–Kier alpha value is -1.06. The van der Waals surface area contributed by atoms with Gasteiger partial charge in [0.1, 0.15) is 5.75 Å². The van der Waals surface area contributed by atoms with Gasteiger partial charge in [-0.05, 0) is 56.0 Å². The second kappa shape index (κ2) is 8.40. The molecule has 0 saturated carbocycles. The Morgan fingerprint density at radius 3 is 2.48 bits per heavy atom. The van der Waals surface area contributed by atoms with E-state index in [0.29, 0.717) is 6.04 Å². The Morgan fingerprint density at radius 2 is 1.90 bits per heavy atom. The SMILES string of the molecule is CCC(NCCN1CCC(C)CC1)c1ccc(OC)cc1. The third-order valence-electron chi connectivity index (χ3n) is 4.62. The third-order valence-corrected chi connectivity index (χ3v) is 4.62. The van der Waals surface area contributed by atoms with Crippen molar-refractivity contribution in [3.05, 3.63) is 29.8 Å². The molecule has 1 saturated heterocycles. The van der Waals surface area contributed by atoms with Gasteiger partial charge in [0.2, 0.25) is 0 Å². The summed E-state index contributed by atoms with van der Waals surface area (Å²) in [4.78, 5) is 2.59. The van der Waals surface area contributed by atoms with Crippen molar-refractivity contribution in [2.45, 2.75) is 39.2 Å². The van der Waals surface area contributed by atoms with Crippen LogP contribution in [0.3, 0.4) is 0 Å². The van der Waals surface area contributed by atoms with Crippen molar-refractivity contribution in [1.29, 1.82) is 0 Å². The first-order valence-corrected chi connectivity index (χ1v) is 8.32. The molecule has 0 spiro atoms. The van der Waals surface area contributed by atoms with Gasteiger partial charge < -0.3 is 15.0 Å². The maximum absolute atomic E-state index is 5.22. The highest BCUT2D eigenvalue weighted by Crippen LogP contribution is 2.20. The smallest absolute Gasteiger partial charge is 0.118 e. The van der Waals surface area contributed by atoms with E-state index in [2.05, 4.69) is 36.2 Å². The summed E-state index contributed by atoms with van der Waals surface area (Å²) in [7, 11) is 1.71. The lowest BCUT2D eigenvalue weighted by atomic mass is 9.99. The zero-order valence-corrected chi connectivity index (χ0v) is 13.8. The standard InChI is InChI=1S/C18H30N2O/c1-4-18(16-5-7-17(21-3)8-6-16)19-11-14-20-12-9-15(2)10-13-20/h5-8,15,18-19H,4,9-14H2,1-3H3. The molecule has 1 aromatic carbocycles. The molecule has 3 nitrogen and oxygen atoms in total. The van der Waals surface area contributed by atoms with Gasteiger partial charge >= 0.3 is 0 Å². The van der Waals surface area contributed by atoms with Gasteiger partial charge in [0, 0.05) is 19.1 Å². The minimum absolute atomic E-state index is 0.444. The lowest BCUT2D eigenvalue weighted by molar-refractivity contribution is 0.191. The minimum Gasteiger partial charge on any atom is -0.497 e. The van der Waals surface area contributed by atoms with Crippen molar-refractivity contribution in [2.75, 3.05) is 33.3 Å². The predicted molar refractivity (Wildman–Crippen MR) is 88.9 cm³/mol. The van der Waals surface area contributed by atoms with Crippen LogP contribution >= 0.6 is 0 Å². The van der Waals surface area contributed by atoms with Crippen LogP contribution in [0.25, 0.3) is 0 Å². The Balaban J connectivity index is 1.76. The van der Waals surface area contributed by atoms with Crippen LogP contribution in [0.15, 0.2) is 24.3 Å². The monoisotopic (exact) mass is 290 g/mol. The molecule has 1 aliphatic rings. The summed E-state index contributed by atoms with van der Waals surface area (Å²) in [5, 5.41) is 3.70. The number of methoxy groups -OCH3 is 1. The van der Waals surface area contributed by atoms with Gasteiger partial charge in [0.25, 0.3) is 0 Å². The van der Waals surface area contributed by atoms with Gasteiger partial charge in [-0.15, -0.1) is 0 Å². The molecule has 1 atom stereocenters. The summed E-state index contributed by atoms with van der Waals surface area (Å²) in [5.41, 5.74) is 1.35. The Kier molecular flexibility index (Phi) is 6.52. The fourth-order valence-corrected chi connectivity index (χ4v) is 3.02. The average Bonchev–Trinajstić information content (AvgIpc) is 2.53. The van der Waals surface area contributed by atoms with Crippen LogP contribution in [-0.4, -0.2) is 38.2 Å². The van der Waals surface area contributed by atoms with E-state index in [4.69, 9.17) is 4.74 Å². The predicted octanol–water partition coefficient (Wildman–Crippen LogP) is 3.47. The number of likely N-dealkylation sites (tertiary alicyclic amines) is 1. The van der Waals surface area contributed by atoms with Gasteiger partial charge in [-0.1, -0.05) is 26.0 Å². The number of rotatable bonds is 7. The fourth-order valence-electron chi connectivity index (χ4n) is 3.02. The normalized spacial score (nSPS) is 18.6. The van der Waals surface area contributed by atoms with Gasteiger partial charge in [-0.3, -0.25) is 0 Å². The highest BCUT2D eigenvalue weighted by molar-refractivity contribution is 5.29. The topological polar surface area (TPSA) is 24.5 Å². The summed E-state index contributed by atoms with van der Waals surface area (Å²) in [6.07, 6.45) is 3.83. The number of ether oxygens (including phenoxy) is 1. The number of benzene rings is 1. The molecule has 3 heteroatoms. The van der Waals surface area contributed by atoms with Gasteiger partial charge in [-0.25, -0.2) is 0 Å². The van der Waals surface area contributed by atoms with Crippen LogP contribution in [-0.2, 0) is 0 Å². The third kappa shape index (κ3) is 5.01. The maximum Gasteiger partial charge on any atom is 0.118 e. The quantitative estimate of drug-likeness (QED) is 0.832. The Bertz CT molecular complexity index is 396. The fraction of sp³-hybridized carbons (Fsp3) is 0.667. The highest BCUT2D eigenvalue weighted by Gasteiger charge is 2.15. The van der Waals surface area contributed by atoms with E-state index in [1.54, 1.807) is 7.11 Å². The van der Waals surface area contributed by atoms with E-state index >= 15 is 0 Å². The van der Waals surface area contributed by atoms with Crippen molar-refractivity contribution in [3.8, 4) is 5.75 Å². The first-order chi connectivity index (χ1) is 10.2. The highest BCUT2D eigenvalue weighted by atomic mass is 16.5. The summed E-state index contributed by atoms with van der Waals surface area (Å²) in [6, 6.07) is 8.88. The van der Waals surface area contributed by atoms with E-state index in [0.717, 1.165) is 24.6 Å². The first kappa shape index (κ1) is 16.3. The van der Waals surface area contributed by atoms with E-state index in [9.17, 15) is 0 Å². The van der Waals surface area contributed by atoms with Crippen LogP contribution in [0.4, 0.5) is 0 Å². The summed E-state index contributed by atoms with van der Waals surface area (Å²) in [5.74, 6) is 1.84. The van der Waals surface area contributed by atoms with Gasteiger partial charge in [0.15, 0.2) is 0 Å². The lowest BCUT2D eigenvalue weighted by Crippen LogP contribution is -2.38. The second-order valence-corrected chi connectivity index (χ2v) is 6.21. The molecule has 0 bridgehead atoms. The largest absolute Gasteiger partial charge is 0.497 e. The number of nitrogens with one attached hydrogen (secondary N) is 1. The minimum atomic E-state index is 0.444. The summed E-state index contributed by atoms with van der Waals surface area (Å²) in [6.45, 7) is 9.37. The molecule has 0 aliphatic carbocycles.